The van der Waals surface area contributed by atoms with Crippen LogP contribution in [0.15, 0.2) is 48.5 Å². The summed E-state index contributed by atoms with van der Waals surface area (Å²) in [5.41, 5.74) is 3.84. The molecule has 3 aromatic rings. The van der Waals surface area contributed by atoms with Crippen molar-refractivity contribution >= 4 is 44.1 Å². The molecule has 1 aromatic heterocycles. The molecule has 2 aromatic carbocycles. The van der Waals surface area contributed by atoms with Crippen LogP contribution < -0.4 is 10.6 Å². The van der Waals surface area contributed by atoms with Gasteiger partial charge < -0.3 is 15.2 Å². The Labute approximate surface area is 221 Å². The number of anilines is 3. The monoisotopic (exact) mass is 524 g/mol. The molecule has 8 heteroatoms. The van der Waals surface area contributed by atoms with Crippen LogP contribution >= 0.6 is 0 Å². The summed E-state index contributed by atoms with van der Waals surface area (Å²) < 4.78 is 25.7. The Morgan fingerprint density at radius 2 is 1.65 bits per heavy atom. The number of hydrogen-bond acceptors (Lipinski definition) is 5. The molecule has 2 N–H and O–H groups in total. The molecule has 7 nitrogen and oxygen atoms in total. The molecule has 0 spiro atoms. The van der Waals surface area contributed by atoms with Gasteiger partial charge in [-0.3, -0.25) is 4.79 Å². The van der Waals surface area contributed by atoms with Gasteiger partial charge in [-0.2, -0.15) is 0 Å². The van der Waals surface area contributed by atoms with Crippen molar-refractivity contribution < 1.29 is 13.2 Å². The number of benzene rings is 2. The summed E-state index contributed by atoms with van der Waals surface area (Å²) in [6, 6.07) is 16.2. The number of aromatic nitrogens is 2. The normalized spacial score (nSPS) is 17.1. The number of nitrogens with one attached hydrogen (secondary N) is 2. The van der Waals surface area contributed by atoms with Crippen LogP contribution in [0, 0.1) is 17.3 Å². The minimum Gasteiger partial charge on any atom is -0.326 e. The first-order chi connectivity index (χ1) is 17.4. The summed E-state index contributed by atoms with van der Waals surface area (Å²) in [5.74, 6) is 1.16. The van der Waals surface area contributed by atoms with E-state index in [4.69, 9.17) is 4.98 Å². The van der Waals surface area contributed by atoms with Gasteiger partial charge in [0.2, 0.25) is 11.9 Å². The Morgan fingerprint density at radius 1 is 1.03 bits per heavy atom. The molecule has 0 unspecified atom stereocenters. The van der Waals surface area contributed by atoms with E-state index in [1.807, 2.05) is 30.3 Å². The summed E-state index contributed by atoms with van der Waals surface area (Å²) in [6.45, 7) is 11.4. The van der Waals surface area contributed by atoms with E-state index < -0.39 is 9.84 Å². The van der Waals surface area contributed by atoms with Crippen LogP contribution in [-0.4, -0.2) is 35.4 Å². The Kier molecular flexibility index (Phi) is 7.97. The summed E-state index contributed by atoms with van der Waals surface area (Å²) in [5, 5.41) is 6.47. The van der Waals surface area contributed by atoms with Crippen molar-refractivity contribution in [2.24, 2.45) is 17.3 Å². The highest BCUT2D eigenvalue weighted by atomic mass is 32.2. The minimum atomic E-state index is -2.99. The van der Waals surface area contributed by atoms with Crippen LogP contribution in [0.1, 0.15) is 66.3 Å². The number of imidazole rings is 1. The highest BCUT2D eigenvalue weighted by molar-refractivity contribution is 7.91. The third-order valence-electron chi connectivity index (χ3n) is 6.89. The molecule has 200 valence electrons. The van der Waals surface area contributed by atoms with Gasteiger partial charge in [0.05, 0.1) is 22.5 Å². The van der Waals surface area contributed by atoms with Crippen LogP contribution in [0.2, 0.25) is 0 Å². The highest BCUT2D eigenvalue weighted by Gasteiger charge is 2.29. The van der Waals surface area contributed by atoms with E-state index in [1.165, 1.54) is 0 Å². The Hall–Kier alpha value is -2.87. The first-order valence-corrected chi connectivity index (χ1v) is 15.1. The van der Waals surface area contributed by atoms with Gasteiger partial charge in [0, 0.05) is 23.3 Å². The quantitative estimate of drug-likeness (QED) is 0.348. The molecule has 1 atom stereocenters. The molecule has 0 bridgehead atoms. The van der Waals surface area contributed by atoms with Crippen molar-refractivity contribution in [2.75, 3.05) is 22.1 Å². The fourth-order valence-corrected chi connectivity index (χ4v) is 6.69. The van der Waals surface area contributed by atoms with Crippen molar-refractivity contribution in [1.82, 2.24) is 9.55 Å². The maximum Gasteiger partial charge on any atom is 0.227 e. The molecule has 1 fully saturated rings. The number of amides is 1. The average Bonchev–Trinajstić information content (AvgIpc) is 3.16. The van der Waals surface area contributed by atoms with Crippen molar-refractivity contribution in [2.45, 2.75) is 66.3 Å². The van der Waals surface area contributed by atoms with Gasteiger partial charge in [-0.1, -0.05) is 46.8 Å². The van der Waals surface area contributed by atoms with E-state index in [2.05, 4.69) is 68.0 Å². The Balaban J connectivity index is 1.54. The summed E-state index contributed by atoms with van der Waals surface area (Å²) >= 11 is 0. The molecular formula is C29H40N4O3S. The third kappa shape index (κ3) is 7.12. The molecular weight excluding hydrogens is 484 g/mol. The Bertz CT molecular complexity index is 1320. The lowest BCUT2D eigenvalue weighted by Gasteiger charge is -2.30. The molecule has 37 heavy (non-hydrogen) atoms. The lowest BCUT2D eigenvalue weighted by atomic mass is 9.85. The SMILES string of the molecule is CC(C)C[C@H](CC(C)(C)C)n1c(Nc2ccc(NC(=O)C3CCS(=O)(=O)CC3)cc2)nc2ccccc21. The van der Waals surface area contributed by atoms with E-state index >= 15 is 0 Å². The van der Waals surface area contributed by atoms with Gasteiger partial charge in [-0.05, 0) is 73.4 Å². The number of carbonyl (C=O) groups is 1. The third-order valence-corrected chi connectivity index (χ3v) is 8.60. The van der Waals surface area contributed by atoms with Gasteiger partial charge in [0.15, 0.2) is 0 Å². The summed E-state index contributed by atoms with van der Waals surface area (Å²) in [7, 11) is -2.99. The molecule has 1 amide bonds. The number of hydrogen-bond donors (Lipinski definition) is 2. The maximum atomic E-state index is 12.6. The average molecular weight is 525 g/mol. The maximum absolute atomic E-state index is 12.6. The number of carbonyl (C=O) groups excluding carboxylic acids is 1. The Morgan fingerprint density at radius 3 is 2.27 bits per heavy atom. The van der Waals surface area contributed by atoms with Crippen molar-refractivity contribution in [3.05, 3.63) is 48.5 Å². The molecule has 0 aliphatic carbocycles. The van der Waals surface area contributed by atoms with E-state index in [0.29, 0.717) is 30.5 Å². The lowest BCUT2D eigenvalue weighted by molar-refractivity contribution is -0.120. The van der Waals surface area contributed by atoms with Crippen molar-refractivity contribution in [3.8, 4) is 0 Å². The van der Waals surface area contributed by atoms with E-state index in [-0.39, 0.29) is 28.7 Å². The lowest BCUT2D eigenvalue weighted by Crippen LogP contribution is -2.31. The number of sulfone groups is 1. The molecule has 4 rings (SSSR count). The van der Waals surface area contributed by atoms with E-state index in [9.17, 15) is 13.2 Å². The van der Waals surface area contributed by atoms with Crippen LogP contribution in [-0.2, 0) is 14.6 Å². The van der Waals surface area contributed by atoms with Gasteiger partial charge in [-0.25, -0.2) is 13.4 Å². The molecule has 1 aliphatic heterocycles. The molecule has 2 heterocycles. The standard InChI is InChI=1S/C29H40N4O3S/c1-20(2)18-24(19-29(3,4)5)33-26-9-7-6-8-25(26)32-28(33)31-23-12-10-22(11-13-23)30-27(34)21-14-16-37(35,36)17-15-21/h6-13,20-21,24H,14-19H2,1-5H3,(H,30,34)(H,31,32)/t24-/m1/s1. The highest BCUT2D eigenvalue weighted by Crippen LogP contribution is 2.37. The largest absolute Gasteiger partial charge is 0.326 e. The molecule has 0 radical (unpaired) electrons. The second-order valence-electron chi connectivity index (χ2n) is 12.0. The van der Waals surface area contributed by atoms with Crippen LogP contribution in [0.3, 0.4) is 0 Å². The second kappa shape index (κ2) is 10.9. The van der Waals surface area contributed by atoms with Crippen molar-refractivity contribution in [1.29, 1.82) is 0 Å². The van der Waals surface area contributed by atoms with Gasteiger partial charge in [0.25, 0.3) is 0 Å². The van der Waals surface area contributed by atoms with E-state index in [1.54, 1.807) is 0 Å². The zero-order chi connectivity index (χ0) is 26.8. The zero-order valence-electron chi connectivity index (χ0n) is 22.6. The number of fused-ring (bicyclic) bond motifs is 1. The summed E-state index contributed by atoms with van der Waals surface area (Å²) in [6.07, 6.45) is 2.86. The van der Waals surface area contributed by atoms with Gasteiger partial charge in [0.1, 0.15) is 9.84 Å². The summed E-state index contributed by atoms with van der Waals surface area (Å²) in [4.78, 5) is 17.6. The fourth-order valence-electron chi connectivity index (χ4n) is 5.20. The predicted octanol–water partition coefficient (Wildman–Crippen LogP) is 6.57. The van der Waals surface area contributed by atoms with Gasteiger partial charge in [-0.15, -0.1) is 0 Å². The van der Waals surface area contributed by atoms with Crippen LogP contribution in [0.25, 0.3) is 11.0 Å². The second-order valence-corrected chi connectivity index (χ2v) is 14.3. The van der Waals surface area contributed by atoms with E-state index in [0.717, 1.165) is 35.5 Å². The van der Waals surface area contributed by atoms with Crippen molar-refractivity contribution in [3.63, 3.8) is 0 Å². The fraction of sp³-hybridized carbons (Fsp3) is 0.517. The smallest absolute Gasteiger partial charge is 0.227 e. The number of rotatable bonds is 8. The number of nitrogens with zero attached hydrogens (tertiary/aromatic N) is 2. The topological polar surface area (TPSA) is 93.1 Å². The zero-order valence-corrected chi connectivity index (χ0v) is 23.4. The molecule has 1 aliphatic rings. The van der Waals surface area contributed by atoms with Crippen LogP contribution in [0.5, 0.6) is 0 Å². The molecule has 0 saturated carbocycles. The molecule has 1 saturated heterocycles. The predicted molar refractivity (Wildman–Crippen MR) is 152 cm³/mol. The number of para-hydroxylation sites is 2. The van der Waals surface area contributed by atoms with Gasteiger partial charge >= 0.3 is 0 Å². The van der Waals surface area contributed by atoms with Crippen LogP contribution in [0.4, 0.5) is 17.3 Å². The first kappa shape index (κ1) is 27.2. The minimum absolute atomic E-state index is 0.0853. The first-order valence-electron chi connectivity index (χ1n) is 13.3.